The molecule has 0 spiro atoms. The fourth-order valence-electron chi connectivity index (χ4n) is 4.34. The Hall–Kier alpha value is -2.05. The molecule has 0 aromatic heterocycles. The lowest BCUT2D eigenvalue weighted by molar-refractivity contribution is 0.00617. The maximum atomic E-state index is 12.2. The van der Waals surface area contributed by atoms with Gasteiger partial charge in [0, 0.05) is 17.5 Å². The summed E-state index contributed by atoms with van der Waals surface area (Å²) in [5, 5.41) is 20.3. The Bertz CT molecular complexity index is 775. The molecule has 148 valence electrons. The fraction of sp³-hybridized carbons (Fsp3) is 0.571. The van der Waals surface area contributed by atoms with Crippen LogP contribution in [0.1, 0.15) is 50.5 Å². The highest BCUT2D eigenvalue weighted by Crippen LogP contribution is 2.50. The number of rotatable bonds is 3. The minimum atomic E-state index is -1.03. The van der Waals surface area contributed by atoms with E-state index in [9.17, 15) is 15.0 Å². The van der Waals surface area contributed by atoms with Crippen LogP contribution < -0.4 is 4.90 Å². The molecule has 1 fully saturated rings. The molecular formula is C21H29NO5. The maximum absolute atomic E-state index is 12.2. The Morgan fingerprint density at radius 3 is 2.59 bits per heavy atom. The second-order valence-corrected chi connectivity index (χ2v) is 8.88. The first-order chi connectivity index (χ1) is 12.5. The number of aromatic carboxylic acids is 1. The van der Waals surface area contributed by atoms with E-state index in [4.69, 9.17) is 9.47 Å². The number of nitrogens with zero attached hydrogens (tertiary/aromatic N) is 1. The van der Waals surface area contributed by atoms with E-state index in [1.54, 1.807) is 17.0 Å². The molecule has 2 heterocycles. The number of aliphatic hydroxyl groups is 1. The summed E-state index contributed by atoms with van der Waals surface area (Å²) < 4.78 is 11.3. The third-order valence-corrected chi connectivity index (χ3v) is 5.14. The lowest BCUT2D eigenvalue weighted by Gasteiger charge is -2.35. The Morgan fingerprint density at radius 2 is 2.00 bits per heavy atom. The Kier molecular flexibility index (Phi) is 4.99. The van der Waals surface area contributed by atoms with E-state index in [1.807, 2.05) is 6.07 Å². The number of ether oxygens (including phenoxy) is 2. The molecule has 1 aromatic carbocycles. The summed E-state index contributed by atoms with van der Waals surface area (Å²) in [6, 6.07) is 5.35. The van der Waals surface area contributed by atoms with E-state index in [2.05, 4.69) is 34.6 Å². The molecule has 1 atom stereocenters. The summed E-state index contributed by atoms with van der Waals surface area (Å²) in [5.41, 5.74) is 1.97. The van der Waals surface area contributed by atoms with Crippen molar-refractivity contribution in [1.29, 1.82) is 0 Å². The van der Waals surface area contributed by atoms with Gasteiger partial charge in [-0.25, -0.2) is 4.79 Å². The summed E-state index contributed by atoms with van der Waals surface area (Å²) in [5.74, 6) is -0.386. The normalized spacial score (nSPS) is 22.7. The van der Waals surface area contributed by atoms with Crippen LogP contribution in [0.2, 0.25) is 0 Å². The number of morpholine rings is 1. The van der Waals surface area contributed by atoms with Gasteiger partial charge in [0.15, 0.2) is 6.23 Å². The zero-order valence-corrected chi connectivity index (χ0v) is 16.7. The van der Waals surface area contributed by atoms with Gasteiger partial charge in [0.1, 0.15) is 5.76 Å². The molecule has 0 radical (unpaired) electrons. The molecule has 1 saturated heterocycles. The highest BCUT2D eigenvalue weighted by molar-refractivity contribution is 6.00. The van der Waals surface area contributed by atoms with Gasteiger partial charge < -0.3 is 24.6 Å². The van der Waals surface area contributed by atoms with Gasteiger partial charge in [-0.2, -0.15) is 0 Å². The van der Waals surface area contributed by atoms with Gasteiger partial charge in [-0.1, -0.05) is 46.8 Å². The molecule has 3 rings (SSSR count). The molecule has 2 aliphatic rings. The Labute approximate surface area is 160 Å². The van der Waals surface area contributed by atoms with E-state index >= 15 is 0 Å². The van der Waals surface area contributed by atoms with Crippen molar-refractivity contribution in [3.05, 3.63) is 34.9 Å². The van der Waals surface area contributed by atoms with Crippen molar-refractivity contribution in [3.63, 3.8) is 0 Å². The SMILES string of the molecule is CC(C)(C)C1=C(c2cccc(N3CCOCC3O)c2C(=O)O)OCC1(C)C. The Balaban J connectivity index is 2.22. The molecule has 2 N–H and O–H groups in total. The van der Waals surface area contributed by atoms with E-state index in [1.165, 1.54) is 0 Å². The summed E-state index contributed by atoms with van der Waals surface area (Å²) in [7, 11) is 0. The standard InChI is InChI=1S/C21H29NO5/c1-20(2,3)18-17(27-12-21(18,4)5)13-7-6-8-14(16(13)19(24)25)22-9-10-26-11-15(22)23/h6-8,15,23H,9-12H2,1-5H3,(H,24,25). The molecule has 0 bridgehead atoms. The topological polar surface area (TPSA) is 79.2 Å². The zero-order valence-electron chi connectivity index (χ0n) is 16.7. The van der Waals surface area contributed by atoms with Crippen molar-refractivity contribution in [2.45, 2.75) is 40.8 Å². The molecule has 0 aliphatic carbocycles. The van der Waals surface area contributed by atoms with E-state index in [0.717, 1.165) is 5.57 Å². The van der Waals surface area contributed by atoms with Crippen molar-refractivity contribution in [2.24, 2.45) is 10.8 Å². The third kappa shape index (κ3) is 3.56. The number of aliphatic hydroxyl groups excluding tert-OH is 1. The van der Waals surface area contributed by atoms with Crippen LogP contribution in [0, 0.1) is 10.8 Å². The van der Waals surface area contributed by atoms with Gasteiger partial charge >= 0.3 is 5.97 Å². The molecular weight excluding hydrogens is 346 g/mol. The van der Waals surface area contributed by atoms with Crippen molar-refractivity contribution in [3.8, 4) is 0 Å². The monoisotopic (exact) mass is 375 g/mol. The summed E-state index contributed by atoms with van der Waals surface area (Å²) in [6.45, 7) is 12.1. The third-order valence-electron chi connectivity index (χ3n) is 5.14. The van der Waals surface area contributed by atoms with Crippen LogP contribution in [0.15, 0.2) is 23.8 Å². The van der Waals surface area contributed by atoms with Crippen molar-refractivity contribution in [2.75, 3.05) is 31.3 Å². The predicted molar refractivity (Wildman–Crippen MR) is 104 cm³/mol. The summed E-state index contributed by atoms with van der Waals surface area (Å²) in [6.07, 6.45) is -0.871. The number of carboxylic acids is 1. The molecule has 1 aromatic rings. The maximum Gasteiger partial charge on any atom is 0.338 e. The van der Waals surface area contributed by atoms with Gasteiger partial charge in [-0.15, -0.1) is 0 Å². The average Bonchev–Trinajstić information content (AvgIpc) is 2.90. The van der Waals surface area contributed by atoms with Crippen LogP contribution in [-0.2, 0) is 9.47 Å². The summed E-state index contributed by atoms with van der Waals surface area (Å²) >= 11 is 0. The van der Waals surface area contributed by atoms with Crippen molar-refractivity contribution < 1.29 is 24.5 Å². The minimum absolute atomic E-state index is 0.156. The summed E-state index contributed by atoms with van der Waals surface area (Å²) in [4.78, 5) is 13.9. The first-order valence-corrected chi connectivity index (χ1v) is 9.31. The minimum Gasteiger partial charge on any atom is -0.492 e. The molecule has 0 saturated carbocycles. The second-order valence-electron chi connectivity index (χ2n) is 8.88. The van der Waals surface area contributed by atoms with E-state index in [0.29, 0.717) is 36.8 Å². The van der Waals surface area contributed by atoms with Crippen LogP contribution in [0.4, 0.5) is 5.69 Å². The van der Waals surface area contributed by atoms with Crippen molar-refractivity contribution in [1.82, 2.24) is 0 Å². The van der Waals surface area contributed by atoms with Crippen molar-refractivity contribution >= 4 is 17.4 Å². The second kappa shape index (κ2) is 6.84. The Morgan fingerprint density at radius 1 is 1.30 bits per heavy atom. The van der Waals surface area contributed by atoms with Crippen LogP contribution >= 0.6 is 0 Å². The van der Waals surface area contributed by atoms with Gasteiger partial charge in [0.25, 0.3) is 0 Å². The largest absolute Gasteiger partial charge is 0.492 e. The van der Waals surface area contributed by atoms with Crippen LogP contribution in [0.5, 0.6) is 0 Å². The highest BCUT2D eigenvalue weighted by atomic mass is 16.5. The number of carbonyl (C=O) groups is 1. The number of benzene rings is 1. The van der Waals surface area contributed by atoms with Crippen LogP contribution in [-0.4, -0.2) is 48.8 Å². The molecule has 1 unspecified atom stereocenters. The van der Waals surface area contributed by atoms with Gasteiger partial charge in [0.2, 0.25) is 0 Å². The first kappa shape index (κ1) is 19.7. The van der Waals surface area contributed by atoms with Gasteiger partial charge in [-0.05, 0) is 17.1 Å². The lowest BCUT2D eigenvalue weighted by Crippen LogP contribution is -2.46. The number of hydrogen-bond donors (Lipinski definition) is 2. The predicted octanol–water partition coefficient (Wildman–Crippen LogP) is 3.35. The highest BCUT2D eigenvalue weighted by Gasteiger charge is 2.42. The quantitative estimate of drug-likeness (QED) is 0.843. The van der Waals surface area contributed by atoms with Gasteiger partial charge in [-0.3, -0.25) is 0 Å². The number of anilines is 1. The van der Waals surface area contributed by atoms with Crippen LogP contribution in [0.25, 0.3) is 5.76 Å². The molecule has 27 heavy (non-hydrogen) atoms. The van der Waals surface area contributed by atoms with Gasteiger partial charge in [0.05, 0.1) is 31.1 Å². The molecule has 2 aliphatic heterocycles. The number of carboxylic acid groups (broad SMARTS) is 1. The van der Waals surface area contributed by atoms with E-state index in [-0.39, 0.29) is 23.0 Å². The fourth-order valence-corrected chi connectivity index (χ4v) is 4.34. The van der Waals surface area contributed by atoms with Crippen LogP contribution in [0.3, 0.4) is 0 Å². The van der Waals surface area contributed by atoms with E-state index < -0.39 is 12.2 Å². The molecule has 6 nitrogen and oxygen atoms in total. The molecule has 6 heteroatoms. The molecule has 0 amide bonds. The number of hydrogen-bond acceptors (Lipinski definition) is 5. The lowest BCUT2D eigenvalue weighted by atomic mass is 9.71. The average molecular weight is 375 g/mol. The smallest absolute Gasteiger partial charge is 0.338 e. The zero-order chi connectivity index (χ0) is 20.0. The first-order valence-electron chi connectivity index (χ1n) is 9.31.